The van der Waals surface area contributed by atoms with E-state index in [0.717, 1.165) is 43.1 Å². The first-order valence-corrected chi connectivity index (χ1v) is 9.35. The van der Waals surface area contributed by atoms with Crippen molar-refractivity contribution in [1.29, 1.82) is 0 Å². The number of carbonyl (C=O) groups is 2. The summed E-state index contributed by atoms with van der Waals surface area (Å²) in [5, 5.41) is 0. The molecular weight excluding hydrogens is 316 g/mol. The lowest BCUT2D eigenvalue weighted by molar-refractivity contribution is -0.155. The van der Waals surface area contributed by atoms with E-state index in [1.54, 1.807) is 13.2 Å². The summed E-state index contributed by atoms with van der Waals surface area (Å²) in [6.07, 6.45) is 7.11. The van der Waals surface area contributed by atoms with E-state index in [1.807, 2.05) is 0 Å². The lowest BCUT2D eigenvalue weighted by Gasteiger charge is -2.54. The van der Waals surface area contributed by atoms with Crippen LogP contribution in [0.4, 0.5) is 0 Å². The summed E-state index contributed by atoms with van der Waals surface area (Å²) < 4.78 is 10.5. The van der Waals surface area contributed by atoms with Crippen LogP contribution in [0.1, 0.15) is 59.8 Å². The van der Waals surface area contributed by atoms with Crippen LogP contribution >= 0.6 is 0 Å². The van der Waals surface area contributed by atoms with E-state index in [0.29, 0.717) is 11.8 Å². The Hall–Kier alpha value is -1.42. The third-order valence-electron chi connectivity index (χ3n) is 7.69. The Labute approximate surface area is 150 Å². The summed E-state index contributed by atoms with van der Waals surface area (Å²) in [4.78, 5) is 23.1. The zero-order valence-corrected chi connectivity index (χ0v) is 16.1. The van der Waals surface area contributed by atoms with E-state index in [1.165, 1.54) is 12.0 Å². The van der Waals surface area contributed by atoms with Crippen LogP contribution in [-0.2, 0) is 19.1 Å². The van der Waals surface area contributed by atoms with Gasteiger partial charge in [0, 0.05) is 18.8 Å². The van der Waals surface area contributed by atoms with Gasteiger partial charge in [0.05, 0.1) is 0 Å². The number of methoxy groups -OCH3 is 1. The molecule has 25 heavy (non-hydrogen) atoms. The average molecular weight is 346 g/mol. The van der Waals surface area contributed by atoms with Crippen LogP contribution in [0.3, 0.4) is 0 Å². The van der Waals surface area contributed by atoms with Gasteiger partial charge in [-0.2, -0.15) is 0 Å². The fourth-order valence-corrected chi connectivity index (χ4v) is 5.53. The minimum Gasteiger partial charge on any atom is -0.428 e. The van der Waals surface area contributed by atoms with Gasteiger partial charge in [-0.15, -0.1) is 0 Å². The first-order valence-electron chi connectivity index (χ1n) is 9.35. The summed E-state index contributed by atoms with van der Waals surface area (Å²) in [7, 11) is 1.57. The van der Waals surface area contributed by atoms with Gasteiger partial charge in [-0.3, -0.25) is 4.79 Å². The van der Waals surface area contributed by atoms with E-state index >= 15 is 0 Å². The van der Waals surface area contributed by atoms with Crippen molar-refractivity contribution in [3.8, 4) is 0 Å². The first-order chi connectivity index (χ1) is 11.8. The summed E-state index contributed by atoms with van der Waals surface area (Å²) >= 11 is 0. The van der Waals surface area contributed by atoms with Crippen molar-refractivity contribution < 1.29 is 19.1 Å². The Kier molecular flexibility index (Phi) is 4.69. The molecule has 0 amide bonds. The SMILES string of the molecule is CO[C@@H]1OC(=O)C=C1CC[C@@]1(C)[C@H](C)CC[C@@]2(C)C(C)=C(C=O)C[C@H]12. The highest BCUT2D eigenvalue weighted by Gasteiger charge is 2.55. The van der Waals surface area contributed by atoms with Crippen molar-refractivity contribution >= 4 is 12.3 Å². The molecular formula is C21H30O4. The molecule has 3 rings (SSSR count). The van der Waals surface area contributed by atoms with Crippen molar-refractivity contribution in [3.63, 3.8) is 0 Å². The standard InChI is InChI=1S/C21H30O4/c1-13-6-8-21(4)14(2)16(12-22)10-17(21)20(13,3)9-7-15-11-18(23)25-19(15)24-5/h11-13,17,19H,6-10H2,1-5H3/t13-,17-,19-,20+,21+/m1/s1. The summed E-state index contributed by atoms with van der Waals surface area (Å²) in [5.74, 6) is 0.753. The van der Waals surface area contributed by atoms with Crippen LogP contribution in [0.15, 0.2) is 22.8 Å². The maximum Gasteiger partial charge on any atom is 0.333 e. The molecule has 5 atom stereocenters. The van der Waals surface area contributed by atoms with Gasteiger partial charge in [0.1, 0.15) is 6.29 Å². The molecule has 1 saturated carbocycles. The van der Waals surface area contributed by atoms with E-state index in [4.69, 9.17) is 9.47 Å². The molecule has 0 N–H and O–H groups in total. The van der Waals surface area contributed by atoms with Crippen LogP contribution in [-0.4, -0.2) is 25.7 Å². The zero-order chi connectivity index (χ0) is 18.4. The summed E-state index contributed by atoms with van der Waals surface area (Å²) in [6, 6.07) is 0. The number of fused-ring (bicyclic) bond motifs is 1. The van der Waals surface area contributed by atoms with E-state index in [-0.39, 0.29) is 16.8 Å². The molecule has 0 saturated heterocycles. The number of aldehydes is 1. The molecule has 4 nitrogen and oxygen atoms in total. The Morgan fingerprint density at radius 3 is 2.76 bits per heavy atom. The van der Waals surface area contributed by atoms with Gasteiger partial charge in [-0.25, -0.2) is 4.79 Å². The molecule has 1 heterocycles. The fraction of sp³-hybridized carbons (Fsp3) is 0.714. The second-order valence-electron chi connectivity index (χ2n) is 8.61. The number of hydrogen-bond donors (Lipinski definition) is 0. The van der Waals surface area contributed by atoms with Crippen LogP contribution in [0.25, 0.3) is 0 Å². The molecule has 4 heteroatoms. The van der Waals surface area contributed by atoms with Crippen molar-refractivity contribution in [2.45, 2.75) is 66.1 Å². The first kappa shape index (κ1) is 18.4. The smallest absolute Gasteiger partial charge is 0.333 e. The second-order valence-corrected chi connectivity index (χ2v) is 8.61. The van der Waals surface area contributed by atoms with E-state index in [2.05, 4.69) is 27.7 Å². The summed E-state index contributed by atoms with van der Waals surface area (Å²) in [6.45, 7) is 9.20. The Morgan fingerprint density at radius 2 is 2.12 bits per heavy atom. The molecule has 138 valence electrons. The van der Waals surface area contributed by atoms with E-state index < -0.39 is 6.29 Å². The quantitative estimate of drug-likeness (QED) is 0.553. The van der Waals surface area contributed by atoms with Gasteiger partial charge in [0.25, 0.3) is 0 Å². The number of rotatable bonds is 5. The largest absolute Gasteiger partial charge is 0.428 e. The topological polar surface area (TPSA) is 52.6 Å². The molecule has 3 aliphatic rings. The van der Waals surface area contributed by atoms with Gasteiger partial charge in [0.15, 0.2) is 0 Å². The van der Waals surface area contributed by atoms with Crippen molar-refractivity contribution in [1.82, 2.24) is 0 Å². The fourth-order valence-electron chi connectivity index (χ4n) is 5.53. The number of ether oxygens (including phenoxy) is 2. The highest BCUT2D eigenvalue weighted by atomic mass is 16.7. The third-order valence-corrected chi connectivity index (χ3v) is 7.69. The third kappa shape index (κ3) is 2.79. The van der Waals surface area contributed by atoms with Gasteiger partial charge >= 0.3 is 5.97 Å². The molecule has 0 unspecified atom stereocenters. The van der Waals surface area contributed by atoms with Gasteiger partial charge in [-0.05, 0) is 67.3 Å². The van der Waals surface area contributed by atoms with Crippen molar-refractivity contribution in [2.24, 2.45) is 22.7 Å². The predicted molar refractivity (Wildman–Crippen MR) is 95.7 cm³/mol. The minimum atomic E-state index is -0.532. The molecule has 0 aromatic heterocycles. The molecule has 0 spiro atoms. The second kappa shape index (κ2) is 6.39. The molecule has 0 aromatic carbocycles. The molecule has 0 aromatic rings. The van der Waals surface area contributed by atoms with Crippen molar-refractivity contribution in [2.75, 3.05) is 7.11 Å². The van der Waals surface area contributed by atoms with Gasteiger partial charge < -0.3 is 9.47 Å². The molecule has 0 radical (unpaired) electrons. The Morgan fingerprint density at radius 1 is 1.40 bits per heavy atom. The number of allylic oxidation sites excluding steroid dienone is 2. The lowest BCUT2D eigenvalue weighted by atomic mass is 9.50. The maximum atomic E-state index is 11.6. The van der Waals surface area contributed by atoms with Crippen molar-refractivity contribution in [3.05, 3.63) is 22.8 Å². The highest BCUT2D eigenvalue weighted by Crippen LogP contribution is 2.64. The number of carbonyl (C=O) groups excluding carboxylic acids is 2. The Bertz CT molecular complexity index is 646. The minimum absolute atomic E-state index is 0.120. The lowest BCUT2D eigenvalue weighted by Crippen LogP contribution is -2.46. The van der Waals surface area contributed by atoms with Crippen LogP contribution in [0, 0.1) is 22.7 Å². The van der Waals surface area contributed by atoms with Gasteiger partial charge in [-0.1, -0.05) is 26.3 Å². The molecule has 0 bridgehead atoms. The zero-order valence-electron chi connectivity index (χ0n) is 16.1. The monoisotopic (exact) mass is 346 g/mol. The Balaban J connectivity index is 1.83. The summed E-state index contributed by atoms with van der Waals surface area (Å²) in [5.41, 5.74) is 3.48. The van der Waals surface area contributed by atoms with Crippen LogP contribution < -0.4 is 0 Å². The number of cyclic esters (lactones) is 1. The normalized spacial score (nSPS) is 40.8. The highest BCUT2D eigenvalue weighted by molar-refractivity contribution is 5.85. The predicted octanol–water partition coefficient (Wildman–Crippen LogP) is 4.20. The van der Waals surface area contributed by atoms with E-state index in [9.17, 15) is 9.59 Å². The van der Waals surface area contributed by atoms with Crippen LogP contribution in [0.2, 0.25) is 0 Å². The average Bonchev–Trinajstić information content (AvgIpc) is 3.08. The number of hydrogen-bond acceptors (Lipinski definition) is 4. The van der Waals surface area contributed by atoms with Gasteiger partial charge in [0.2, 0.25) is 6.29 Å². The molecule has 1 fully saturated rings. The van der Waals surface area contributed by atoms with Crippen LogP contribution in [0.5, 0.6) is 0 Å². The number of esters is 1. The molecule has 2 aliphatic carbocycles. The maximum absolute atomic E-state index is 11.6. The molecule has 1 aliphatic heterocycles.